The highest BCUT2D eigenvalue weighted by atomic mass is 32.2. The molecule has 0 radical (unpaired) electrons. The Morgan fingerprint density at radius 1 is 1.50 bits per heavy atom. The SMILES string of the molecule is CC(C)[C@H](Sc1nnc(Cc2cccs2)n1C1CC1)C(N)=O. The molecule has 0 aromatic carbocycles. The van der Waals surface area contributed by atoms with Gasteiger partial charge < -0.3 is 10.3 Å². The van der Waals surface area contributed by atoms with E-state index in [4.69, 9.17) is 5.73 Å². The van der Waals surface area contributed by atoms with Gasteiger partial charge in [-0.2, -0.15) is 0 Å². The van der Waals surface area contributed by atoms with Crippen LogP contribution in [-0.4, -0.2) is 25.9 Å². The molecule has 0 bridgehead atoms. The van der Waals surface area contributed by atoms with Gasteiger partial charge in [0.05, 0.1) is 5.25 Å². The first-order chi connectivity index (χ1) is 10.6. The van der Waals surface area contributed by atoms with Gasteiger partial charge in [-0.3, -0.25) is 4.79 Å². The first kappa shape index (κ1) is 15.6. The van der Waals surface area contributed by atoms with E-state index in [0.717, 1.165) is 30.2 Å². The number of nitrogens with zero attached hydrogens (tertiary/aromatic N) is 3. The molecule has 1 fully saturated rings. The van der Waals surface area contributed by atoms with Crippen LogP contribution in [0.2, 0.25) is 0 Å². The fourth-order valence-electron chi connectivity index (χ4n) is 2.41. The third-order valence-corrected chi connectivity index (χ3v) is 6.07. The van der Waals surface area contributed by atoms with Crippen LogP contribution in [0.25, 0.3) is 0 Å². The van der Waals surface area contributed by atoms with E-state index in [1.807, 2.05) is 13.8 Å². The number of aromatic nitrogens is 3. The molecule has 2 aromatic rings. The van der Waals surface area contributed by atoms with Crippen LogP contribution < -0.4 is 5.73 Å². The number of hydrogen-bond donors (Lipinski definition) is 1. The number of primary amides is 1. The van der Waals surface area contributed by atoms with Gasteiger partial charge in [-0.25, -0.2) is 0 Å². The van der Waals surface area contributed by atoms with E-state index in [1.165, 1.54) is 16.6 Å². The molecular formula is C15H20N4OS2. The molecule has 2 N–H and O–H groups in total. The smallest absolute Gasteiger partial charge is 0.231 e. The fourth-order valence-corrected chi connectivity index (χ4v) is 4.19. The predicted molar refractivity (Wildman–Crippen MR) is 89.1 cm³/mol. The van der Waals surface area contributed by atoms with Gasteiger partial charge in [0, 0.05) is 17.3 Å². The van der Waals surface area contributed by atoms with Crippen LogP contribution in [0.15, 0.2) is 22.7 Å². The standard InChI is InChI=1S/C15H20N4OS2/c1-9(2)13(14(16)20)22-15-18-17-12(19(15)10-5-6-10)8-11-4-3-7-21-11/h3-4,7,9-10,13H,5-6,8H2,1-2H3,(H2,16,20)/t13-/m0/s1. The summed E-state index contributed by atoms with van der Waals surface area (Å²) < 4.78 is 2.21. The predicted octanol–water partition coefficient (Wildman–Crippen LogP) is 2.87. The quantitative estimate of drug-likeness (QED) is 0.789. The maximum Gasteiger partial charge on any atom is 0.231 e. The zero-order valence-electron chi connectivity index (χ0n) is 12.7. The molecule has 2 heterocycles. The highest BCUT2D eigenvalue weighted by Crippen LogP contribution is 2.40. The molecule has 1 amide bonds. The molecule has 2 aromatic heterocycles. The average Bonchev–Trinajstić information content (AvgIpc) is 3.01. The van der Waals surface area contributed by atoms with Crippen LogP contribution >= 0.6 is 23.1 Å². The molecule has 0 spiro atoms. The van der Waals surface area contributed by atoms with E-state index in [1.54, 1.807) is 11.3 Å². The lowest BCUT2D eigenvalue weighted by atomic mass is 10.1. The summed E-state index contributed by atoms with van der Waals surface area (Å²) in [5, 5.41) is 11.3. The van der Waals surface area contributed by atoms with Crippen LogP contribution in [0.5, 0.6) is 0 Å². The van der Waals surface area contributed by atoms with Crippen LogP contribution in [0, 0.1) is 5.92 Å². The van der Waals surface area contributed by atoms with Crippen LogP contribution in [-0.2, 0) is 11.2 Å². The molecule has 118 valence electrons. The van der Waals surface area contributed by atoms with Gasteiger partial charge in [0.2, 0.25) is 5.91 Å². The number of rotatable bonds is 7. The minimum atomic E-state index is -0.287. The Hall–Kier alpha value is -1.34. The van der Waals surface area contributed by atoms with E-state index in [-0.39, 0.29) is 17.1 Å². The normalized spacial score (nSPS) is 16.1. The lowest BCUT2D eigenvalue weighted by molar-refractivity contribution is -0.118. The van der Waals surface area contributed by atoms with Crippen molar-refractivity contribution in [2.45, 2.75) is 49.6 Å². The van der Waals surface area contributed by atoms with Crippen LogP contribution in [0.4, 0.5) is 0 Å². The van der Waals surface area contributed by atoms with E-state index < -0.39 is 0 Å². The Balaban J connectivity index is 1.85. The molecule has 0 saturated heterocycles. The van der Waals surface area contributed by atoms with Gasteiger partial charge in [0.1, 0.15) is 5.82 Å². The van der Waals surface area contributed by atoms with E-state index in [9.17, 15) is 4.79 Å². The topological polar surface area (TPSA) is 73.8 Å². The molecule has 1 atom stereocenters. The van der Waals surface area contributed by atoms with E-state index in [2.05, 4.69) is 32.3 Å². The summed E-state index contributed by atoms with van der Waals surface area (Å²) in [5.41, 5.74) is 5.53. The molecule has 1 saturated carbocycles. The summed E-state index contributed by atoms with van der Waals surface area (Å²) in [7, 11) is 0. The Bertz CT molecular complexity index is 647. The second-order valence-corrected chi connectivity index (χ2v) is 8.08. The highest BCUT2D eigenvalue weighted by molar-refractivity contribution is 8.00. The number of hydrogen-bond acceptors (Lipinski definition) is 5. The Morgan fingerprint density at radius 2 is 2.27 bits per heavy atom. The maximum absolute atomic E-state index is 11.7. The molecule has 22 heavy (non-hydrogen) atoms. The summed E-state index contributed by atoms with van der Waals surface area (Å²) in [6.45, 7) is 4.01. The zero-order chi connectivity index (χ0) is 15.7. The number of carbonyl (C=O) groups excluding carboxylic acids is 1. The number of nitrogens with two attached hydrogens (primary N) is 1. The number of thiophene rings is 1. The van der Waals surface area contributed by atoms with Gasteiger partial charge in [-0.15, -0.1) is 21.5 Å². The van der Waals surface area contributed by atoms with E-state index in [0.29, 0.717) is 6.04 Å². The summed E-state index contributed by atoms with van der Waals surface area (Å²) in [6, 6.07) is 4.65. The van der Waals surface area contributed by atoms with Crippen molar-refractivity contribution in [2.24, 2.45) is 11.7 Å². The molecule has 7 heteroatoms. The molecule has 3 rings (SSSR count). The van der Waals surface area contributed by atoms with Gasteiger partial charge in [0.25, 0.3) is 0 Å². The Kier molecular flexibility index (Phi) is 4.54. The third-order valence-electron chi connectivity index (χ3n) is 3.68. The van der Waals surface area contributed by atoms with Crippen molar-refractivity contribution < 1.29 is 4.79 Å². The molecular weight excluding hydrogens is 316 g/mol. The minimum absolute atomic E-state index is 0.174. The van der Waals surface area contributed by atoms with Crippen molar-refractivity contribution in [3.8, 4) is 0 Å². The maximum atomic E-state index is 11.7. The second-order valence-electron chi connectivity index (χ2n) is 5.94. The first-order valence-corrected chi connectivity index (χ1v) is 9.24. The summed E-state index contributed by atoms with van der Waals surface area (Å²) in [6.07, 6.45) is 3.11. The minimum Gasteiger partial charge on any atom is -0.369 e. The van der Waals surface area contributed by atoms with Gasteiger partial charge in [0.15, 0.2) is 5.16 Å². The molecule has 0 unspecified atom stereocenters. The summed E-state index contributed by atoms with van der Waals surface area (Å²) in [5.74, 6) is 0.872. The largest absolute Gasteiger partial charge is 0.369 e. The van der Waals surface area contributed by atoms with Crippen molar-refractivity contribution in [3.63, 3.8) is 0 Å². The van der Waals surface area contributed by atoms with Gasteiger partial charge in [-0.1, -0.05) is 31.7 Å². The Morgan fingerprint density at radius 3 is 2.82 bits per heavy atom. The van der Waals surface area contributed by atoms with Gasteiger partial charge >= 0.3 is 0 Å². The number of thioether (sulfide) groups is 1. The summed E-state index contributed by atoms with van der Waals surface area (Å²) in [4.78, 5) is 12.9. The van der Waals surface area contributed by atoms with Crippen LogP contribution in [0.1, 0.15) is 43.4 Å². The summed E-state index contributed by atoms with van der Waals surface area (Å²) >= 11 is 3.18. The Labute approximate surface area is 138 Å². The average molecular weight is 336 g/mol. The zero-order valence-corrected chi connectivity index (χ0v) is 14.4. The molecule has 0 aliphatic heterocycles. The highest BCUT2D eigenvalue weighted by Gasteiger charge is 2.32. The van der Waals surface area contributed by atoms with Crippen LogP contribution in [0.3, 0.4) is 0 Å². The third kappa shape index (κ3) is 3.35. The lowest BCUT2D eigenvalue weighted by Crippen LogP contribution is -2.30. The monoisotopic (exact) mass is 336 g/mol. The number of amides is 1. The van der Waals surface area contributed by atoms with Crippen molar-refractivity contribution in [3.05, 3.63) is 28.2 Å². The molecule has 5 nitrogen and oxygen atoms in total. The van der Waals surface area contributed by atoms with Crippen molar-refractivity contribution in [1.29, 1.82) is 0 Å². The first-order valence-electron chi connectivity index (χ1n) is 7.48. The van der Waals surface area contributed by atoms with Gasteiger partial charge in [-0.05, 0) is 30.2 Å². The lowest BCUT2D eigenvalue weighted by Gasteiger charge is -2.17. The fraction of sp³-hybridized carbons (Fsp3) is 0.533. The molecule has 1 aliphatic rings. The van der Waals surface area contributed by atoms with E-state index >= 15 is 0 Å². The second kappa shape index (κ2) is 6.42. The molecule has 1 aliphatic carbocycles. The van der Waals surface area contributed by atoms with Crippen molar-refractivity contribution in [1.82, 2.24) is 14.8 Å². The van der Waals surface area contributed by atoms with Crippen molar-refractivity contribution in [2.75, 3.05) is 0 Å². The number of carbonyl (C=O) groups is 1. The van der Waals surface area contributed by atoms with Crippen molar-refractivity contribution >= 4 is 29.0 Å².